The molecular formula is C16H12ClF2NO3. The maximum Gasteiger partial charge on any atom is 0.344 e. The first-order chi connectivity index (χ1) is 10.9. The third kappa shape index (κ3) is 4.26. The fourth-order valence-corrected chi connectivity index (χ4v) is 1.97. The normalized spacial score (nSPS) is 11.7. The van der Waals surface area contributed by atoms with Crippen LogP contribution in [0.3, 0.4) is 0 Å². The van der Waals surface area contributed by atoms with Gasteiger partial charge in [-0.1, -0.05) is 23.7 Å². The van der Waals surface area contributed by atoms with E-state index in [1.54, 1.807) is 18.2 Å². The van der Waals surface area contributed by atoms with E-state index in [0.29, 0.717) is 10.7 Å². The Hall–Kier alpha value is -2.47. The van der Waals surface area contributed by atoms with Gasteiger partial charge in [-0.3, -0.25) is 4.79 Å². The predicted molar refractivity (Wildman–Crippen MR) is 81.3 cm³/mol. The summed E-state index contributed by atoms with van der Waals surface area (Å²) in [7, 11) is 0. The van der Waals surface area contributed by atoms with Crippen LogP contribution < -0.4 is 5.32 Å². The van der Waals surface area contributed by atoms with Crippen molar-refractivity contribution in [3.63, 3.8) is 0 Å². The van der Waals surface area contributed by atoms with E-state index in [4.69, 9.17) is 16.3 Å². The number of esters is 1. The largest absolute Gasteiger partial charge is 0.449 e. The van der Waals surface area contributed by atoms with Crippen LogP contribution in [-0.2, 0) is 9.53 Å². The molecule has 0 aromatic heterocycles. The maximum atomic E-state index is 13.5. The molecule has 4 nitrogen and oxygen atoms in total. The first-order valence-corrected chi connectivity index (χ1v) is 6.97. The maximum absolute atomic E-state index is 13.5. The topological polar surface area (TPSA) is 55.4 Å². The number of amides is 1. The summed E-state index contributed by atoms with van der Waals surface area (Å²) in [6.45, 7) is 1.29. The molecule has 0 bridgehead atoms. The van der Waals surface area contributed by atoms with Gasteiger partial charge in [-0.05, 0) is 37.3 Å². The minimum Gasteiger partial charge on any atom is -0.449 e. The molecule has 0 heterocycles. The van der Waals surface area contributed by atoms with Crippen LogP contribution in [0.25, 0.3) is 0 Å². The summed E-state index contributed by atoms with van der Waals surface area (Å²) in [4.78, 5) is 23.7. The molecule has 0 aliphatic carbocycles. The number of halogens is 3. The van der Waals surface area contributed by atoms with Crippen molar-refractivity contribution in [1.29, 1.82) is 0 Å². The minimum absolute atomic E-state index is 0.405. The molecule has 0 unspecified atom stereocenters. The Morgan fingerprint density at radius 1 is 1.13 bits per heavy atom. The zero-order valence-corrected chi connectivity index (χ0v) is 12.7. The molecule has 1 N–H and O–H groups in total. The molecule has 120 valence electrons. The van der Waals surface area contributed by atoms with Crippen LogP contribution in [0.15, 0.2) is 42.5 Å². The lowest BCUT2D eigenvalue weighted by Crippen LogP contribution is -2.30. The van der Waals surface area contributed by atoms with Crippen molar-refractivity contribution in [1.82, 2.24) is 0 Å². The van der Waals surface area contributed by atoms with Crippen LogP contribution in [0.4, 0.5) is 14.5 Å². The summed E-state index contributed by atoms with van der Waals surface area (Å²) < 4.78 is 31.8. The van der Waals surface area contributed by atoms with Crippen molar-refractivity contribution in [3.05, 3.63) is 64.7 Å². The third-order valence-electron chi connectivity index (χ3n) is 2.91. The summed E-state index contributed by atoms with van der Waals surface area (Å²) in [5, 5.41) is 2.90. The van der Waals surface area contributed by atoms with Crippen LogP contribution in [-0.4, -0.2) is 18.0 Å². The van der Waals surface area contributed by atoms with Gasteiger partial charge in [-0.2, -0.15) is 0 Å². The van der Waals surface area contributed by atoms with Gasteiger partial charge in [0.2, 0.25) is 0 Å². The van der Waals surface area contributed by atoms with E-state index < -0.39 is 35.2 Å². The summed E-state index contributed by atoms with van der Waals surface area (Å²) in [6.07, 6.45) is -1.25. The van der Waals surface area contributed by atoms with Crippen LogP contribution in [0, 0.1) is 11.6 Å². The fourth-order valence-electron chi connectivity index (χ4n) is 1.78. The highest BCUT2D eigenvalue weighted by atomic mass is 35.5. The first kappa shape index (κ1) is 16.9. The van der Waals surface area contributed by atoms with Gasteiger partial charge in [0.05, 0.1) is 0 Å². The second kappa shape index (κ2) is 7.19. The number of hydrogen-bond donors (Lipinski definition) is 1. The van der Waals surface area contributed by atoms with Crippen LogP contribution >= 0.6 is 11.6 Å². The summed E-state index contributed by atoms with van der Waals surface area (Å²) in [5.74, 6) is -4.03. The van der Waals surface area contributed by atoms with Gasteiger partial charge < -0.3 is 10.1 Å². The molecule has 2 aromatic carbocycles. The summed E-state index contributed by atoms with van der Waals surface area (Å²) >= 11 is 5.79. The van der Waals surface area contributed by atoms with Crippen molar-refractivity contribution < 1.29 is 23.1 Å². The number of anilines is 1. The number of carbonyl (C=O) groups excluding carboxylic acids is 2. The fraction of sp³-hybridized carbons (Fsp3) is 0.125. The highest BCUT2D eigenvalue weighted by Crippen LogP contribution is 2.17. The van der Waals surface area contributed by atoms with Gasteiger partial charge in [0.1, 0.15) is 17.2 Å². The molecule has 23 heavy (non-hydrogen) atoms. The Morgan fingerprint density at radius 3 is 2.35 bits per heavy atom. The number of benzene rings is 2. The van der Waals surface area contributed by atoms with Gasteiger partial charge in [-0.25, -0.2) is 13.6 Å². The van der Waals surface area contributed by atoms with E-state index in [1.807, 2.05) is 0 Å². The van der Waals surface area contributed by atoms with E-state index in [2.05, 4.69) is 5.32 Å². The Kier molecular flexibility index (Phi) is 5.28. The molecule has 0 aliphatic heterocycles. The molecule has 0 spiro atoms. The molecule has 2 rings (SSSR count). The Bertz CT molecular complexity index is 732. The third-order valence-corrected chi connectivity index (χ3v) is 3.15. The number of carbonyl (C=O) groups is 2. The molecular weight excluding hydrogens is 328 g/mol. The van der Waals surface area contributed by atoms with E-state index in [9.17, 15) is 18.4 Å². The van der Waals surface area contributed by atoms with Crippen LogP contribution in [0.1, 0.15) is 17.3 Å². The first-order valence-electron chi connectivity index (χ1n) is 6.60. The van der Waals surface area contributed by atoms with E-state index in [-0.39, 0.29) is 0 Å². The van der Waals surface area contributed by atoms with Crippen molar-refractivity contribution in [2.24, 2.45) is 0 Å². The molecule has 0 fully saturated rings. The molecule has 0 radical (unpaired) electrons. The lowest BCUT2D eigenvalue weighted by atomic mass is 10.2. The molecule has 1 atom stereocenters. The molecule has 0 saturated heterocycles. The monoisotopic (exact) mass is 339 g/mol. The molecule has 0 saturated carbocycles. The summed E-state index contributed by atoms with van der Waals surface area (Å²) in [6, 6.07) is 9.33. The molecule has 7 heteroatoms. The smallest absolute Gasteiger partial charge is 0.344 e. The SMILES string of the molecule is C[C@@H](OC(=O)c1c(F)cccc1F)C(=O)Nc1cccc(Cl)c1. The van der Waals surface area contributed by atoms with Gasteiger partial charge in [0, 0.05) is 10.7 Å². The second-order valence-electron chi connectivity index (χ2n) is 4.64. The zero-order valence-electron chi connectivity index (χ0n) is 12.0. The number of rotatable bonds is 4. The van der Waals surface area contributed by atoms with Gasteiger partial charge >= 0.3 is 5.97 Å². The molecule has 2 aromatic rings. The second-order valence-corrected chi connectivity index (χ2v) is 5.08. The highest BCUT2D eigenvalue weighted by Gasteiger charge is 2.24. The standard InChI is InChI=1S/C16H12ClF2NO3/c1-9(15(21)20-11-5-2-4-10(17)8-11)23-16(22)14-12(18)6-3-7-13(14)19/h2-9H,1H3,(H,20,21)/t9-/m1/s1. The lowest BCUT2D eigenvalue weighted by molar-refractivity contribution is -0.123. The quantitative estimate of drug-likeness (QED) is 0.862. The van der Waals surface area contributed by atoms with Crippen molar-refractivity contribution in [3.8, 4) is 0 Å². The Balaban J connectivity index is 2.05. The van der Waals surface area contributed by atoms with Crippen molar-refractivity contribution in [2.45, 2.75) is 13.0 Å². The number of nitrogens with one attached hydrogen (secondary N) is 1. The van der Waals surface area contributed by atoms with E-state index in [0.717, 1.165) is 18.2 Å². The zero-order chi connectivity index (χ0) is 17.0. The van der Waals surface area contributed by atoms with E-state index in [1.165, 1.54) is 13.0 Å². The van der Waals surface area contributed by atoms with Crippen LogP contribution in [0.5, 0.6) is 0 Å². The average Bonchev–Trinajstić information content (AvgIpc) is 2.46. The average molecular weight is 340 g/mol. The van der Waals surface area contributed by atoms with Gasteiger partial charge in [-0.15, -0.1) is 0 Å². The minimum atomic E-state index is -1.26. The highest BCUT2D eigenvalue weighted by molar-refractivity contribution is 6.30. The van der Waals surface area contributed by atoms with Gasteiger partial charge in [0.25, 0.3) is 5.91 Å². The van der Waals surface area contributed by atoms with Crippen molar-refractivity contribution in [2.75, 3.05) is 5.32 Å². The summed E-state index contributed by atoms with van der Waals surface area (Å²) in [5.41, 5.74) is -0.433. The van der Waals surface area contributed by atoms with E-state index >= 15 is 0 Å². The van der Waals surface area contributed by atoms with Gasteiger partial charge in [0.15, 0.2) is 6.10 Å². The van der Waals surface area contributed by atoms with Crippen LogP contribution in [0.2, 0.25) is 5.02 Å². The molecule has 1 amide bonds. The Morgan fingerprint density at radius 2 is 1.74 bits per heavy atom. The Labute approximate surface area is 136 Å². The predicted octanol–water partition coefficient (Wildman–Crippen LogP) is 3.80. The van der Waals surface area contributed by atoms with Crippen molar-refractivity contribution >= 4 is 29.2 Å². The number of hydrogen-bond acceptors (Lipinski definition) is 3. The number of ether oxygens (including phenoxy) is 1. The molecule has 0 aliphatic rings. The lowest BCUT2D eigenvalue weighted by Gasteiger charge is -2.14.